The fraction of sp³-hybridized carbons (Fsp3) is 0.556. The van der Waals surface area contributed by atoms with E-state index < -0.39 is 15.3 Å². The van der Waals surface area contributed by atoms with Gasteiger partial charge in [-0.1, -0.05) is 19.1 Å². The van der Waals surface area contributed by atoms with Crippen molar-refractivity contribution >= 4 is 38.6 Å². The Morgan fingerprint density at radius 2 is 2.35 bits per heavy atom. The van der Waals surface area contributed by atoms with E-state index in [4.69, 9.17) is 18.0 Å². The fourth-order valence-electron chi connectivity index (χ4n) is 1.17. The molecule has 0 aliphatic carbocycles. The van der Waals surface area contributed by atoms with Crippen LogP contribution in [0.15, 0.2) is 11.6 Å². The summed E-state index contributed by atoms with van der Waals surface area (Å²) in [5.74, 6) is 0. The van der Waals surface area contributed by atoms with Gasteiger partial charge in [0.15, 0.2) is 0 Å². The Bertz CT molecular complexity index is 470. The monoisotopic (exact) mass is 293 g/mol. The first-order chi connectivity index (χ1) is 7.88. The highest BCUT2D eigenvalue weighted by molar-refractivity contribution is 7.93. The lowest BCUT2D eigenvalue weighted by atomic mass is 10.3. The van der Waals surface area contributed by atoms with Crippen molar-refractivity contribution < 1.29 is 8.42 Å². The van der Waals surface area contributed by atoms with E-state index in [9.17, 15) is 8.42 Å². The van der Waals surface area contributed by atoms with Gasteiger partial charge in [-0.2, -0.15) is 0 Å². The molecule has 0 fully saturated rings. The van der Waals surface area contributed by atoms with Crippen molar-refractivity contribution in [3.05, 3.63) is 16.6 Å². The third-order valence-corrected chi connectivity index (χ3v) is 5.52. The first-order valence-corrected chi connectivity index (χ1v) is 7.91. The minimum absolute atomic E-state index is 0.0357. The summed E-state index contributed by atoms with van der Waals surface area (Å²) in [5, 5.41) is 1.67. The number of nitrogens with one attached hydrogen (secondary N) is 1. The molecule has 0 spiro atoms. The van der Waals surface area contributed by atoms with Crippen LogP contribution in [-0.2, 0) is 10.0 Å². The molecule has 0 radical (unpaired) electrons. The highest BCUT2D eigenvalue weighted by atomic mass is 32.2. The van der Waals surface area contributed by atoms with Crippen LogP contribution in [0.25, 0.3) is 0 Å². The Morgan fingerprint density at radius 1 is 1.71 bits per heavy atom. The summed E-state index contributed by atoms with van der Waals surface area (Å²) in [4.78, 5) is 4.07. The van der Waals surface area contributed by atoms with Gasteiger partial charge in [-0.25, -0.2) is 18.1 Å². The summed E-state index contributed by atoms with van der Waals surface area (Å²) in [6, 6.07) is -0.322. The van der Waals surface area contributed by atoms with E-state index in [0.29, 0.717) is 6.42 Å². The molecule has 0 bridgehead atoms. The lowest BCUT2D eigenvalue weighted by Gasteiger charge is -2.18. The molecule has 3 N–H and O–H groups in total. The van der Waals surface area contributed by atoms with Gasteiger partial charge < -0.3 is 5.73 Å². The fourth-order valence-corrected chi connectivity index (χ4v) is 3.58. The third kappa shape index (κ3) is 3.70. The molecule has 0 aliphatic rings. The Balaban J connectivity index is 2.86. The van der Waals surface area contributed by atoms with Crippen molar-refractivity contribution in [2.24, 2.45) is 5.73 Å². The van der Waals surface area contributed by atoms with Crippen molar-refractivity contribution in [3.63, 3.8) is 0 Å². The molecule has 1 heterocycles. The van der Waals surface area contributed by atoms with Gasteiger partial charge in [0, 0.05) is 11.6 Å². The van der Waals surface area contributed by atoms with Gasteiger partial charge in [-0.15, -0.1) is 11.3 Å². The number of thiocarbonyl (C=S) groups is 1. The second-order valence-electron chi connectivity index (χ2n) is 3.54. The van der Waals surface area contributed by atoms with E-state index in [1.54, 1.807) is 6.20 Å². The Labute approximate surface area is 110 Å². The van der Waals surface area contributed by atoms with Crippen molar-refractivity contribution in [1.29, 1.82) is 0 Å². The van der Waals surface area contributed by atoms with E-state index in [2.05, 4.69) is 9.71 Å². The molecule has 0 saturated heterocycles. The first-order valence-electron chi connectivity index (χ1n) is 5.08. The Morgan fingerprint density at radius 3 is 2.76 bits per heavy atom. The van der Waals surface area contributed by atoms with Crippen LogP contribution in [0, 0.1) is 0 Å². The van der Waals surface area contributed by atoms with E-state index in [1.165, 1.54) is 18.3 Å². The number of rotatable bonds is 6. The zero-order valence-corrected chi connectivity index (χ0v) is 12.0. The van der Waals surface area contributed by atoms with Gasteiger partial charge in [0.2, 0.25) is 10.0 Å². The van der Waals surface area contributed by atoms with Gasteiger partial charge in [0.05, 0.1) is 11.0 Å². The highest BCUT2D eigenvalue weighted by Gasteiger charge is 2.27. The Hall–Kier alpha value is -0.570. The average Bonchev–Trinajstić information content (AvgIpc) is 2.78. The molecule has 1 aromatic rings. The lowest BCUT2D eigenvalue weighted by molar-refractivity contribution is 0.546. The zero-order chi connectivity index (χ0) is 13.1. The third-order valence-electron chi connectivity index (χ3n) is 2.33. The van der Waals surface area contributed by atoms with Crippen LogP contribution in [0.4, 0.5) is 0 Å². The zero-order valence-electron chi connectivity index (χ0n) is 9.58. The summed E-state index contributed by atoms with van der Waals surface area (Å²) in [7, 11) is -3.55. The Kier molecular flexibility index (Phi) is 4.99. The van der Waals surface area contributed by atoms with E-state index >= 15 is 0 Å². The van der Waals surface area contributed by atoms with Crippen molar-refractivity contribution in [1.82, 2.24) is 9.71 Å². The molecule has 1 aromatic heterocycles. The van der Waals surface area contributed by atoms with Crippen LogP contribution >= 0.6 is 23.6 Å². The van der Waals surface area contributed by atoms with E-state index in [1.807, 2.05) is 12.3 Å². The van der Waals surface area contributed by atoms with Gasteiger partial charge in [0.1, 0.15) is 10.3 Å². The predicted octanol–water partition coefficient (Wildman–Crippen LogP) is 1.19. The van der Waals surface area contributed by atoms with Gasteiger partial charge in [-0.3, -0.25) is 0 Å². The molecule has 5 nitrogen and oxygen atoms in total. The van der Waals surface area contributed by atoms with E-state index in [0.717, 1.165) is 5.01 Å². The first kappa shape index (κ1) is 14.5. The topological polar surface area (TPSA) is 85.1 Å². The van der Waals surface area contributed by atoms with Crippen LogP contribution in [-0.4, -0.2) is 23.6 Å². The lowest BCUT2D eigenvalue weighted by Crippen LogP contribution is -2.41. The molecule has 0 aliphatic heterocycles. The average molecular weight is 293 g/mol. The second-order valence-corrected chi connectivity index (χ2v) is 6.97. The molecule has 0 saturated carbocycles. The van der Waals surface area contributed by atoms with Gasteiger partial charge in [0.25, 0.3) is 0 Å². The highest BCUT2D eigenvalue weighted by Crippen LogP contribution is 2.20. The van der Waals surface area contributed by atoms with Crippen LogP contribution in [0.5, 0.6) is 0 Å². The molecule has 1 rings (SSSR count). The quantitative estimate of drug-likeness (QED) is 0.770. The summed E-state index contributed by atoms with van der Waals surface area (Å²) >= 11 is 6.12. The summed E-state index contributed by atoms with van der Waals surface area (Å²) in [6.07, 6.45) is 2.27. The number of nitrogens with two attached hydrogens (primary N) is 1. The molecular formula is C9H15N3O2S3. The number of aromatic nitrogens is 1. The number of nitrogens with zero attached hydrogens (tertiary/aromatic N) is 1. The largest absolute Gasteiger partial charge is 0.392 e. The SMILES string of the molecule is CCC(NS(=O)(=O)C(C)C(N)=S)c1nccs1. The second kappa shape index (κ2) is 5.85. The molecule has 8 heteroatoms. The molecule has 0 amide bonds. The van der Waals surface area contributed by atoms with Gasteiger partial charge >= 0.3 is 0 Å². The number of hydrogen-bond donors (Lipinski definition) is 2. The number of sulfonamides is 1. The smallest absolute Gasteiger partial charge is 0.221 e. The molecule has 17 heavy (non-hydrogen) atoms. The van der Waals surface area contributed by atoms with E-state index in [-0.39, 0.29) is 11.0 Å². The molecule has 2 unspecified atom stereocenters. The van der Waals surface area contributed by atoms with Gasteiger partial charge in [-0.05, 0) is 13.3 Å². The van der Waals surface area contributed by atoms with Crippen LogP contribution < -0.4 is 10.5 Å². The maximum Gasteiger partial charge on any atom is 0.221 e. The summed E-state index contributed by atoms with van der Waals surface area (Å²) < 4.78 is 26.4. The predicted molar refractivity (Wildman–Crippen MR) is 73.4 cm³/mol. The van der Waals surface area contributed by atoms with Crippen LogP contribution in [0.1, 0.15) is 31.3 Å². The summed E-state index contributed by atoms with van der Waals surface area (Å²) in [5.41, 5.74) is 5.36. The standard InChI is InChI=1S/C9H15N3O2S3/c1-3-7(9-11-4-5-16-9)12-17(13,14)6(2)8(10)15/h4-7,12H,3H2,1-2H3,(H2,10,15). The van der Waals surface area contributed by atoms with Crippen LogP contribution in [0.2, 0.25) is 0 Å². The van der Waals surface area contributed by atoms with Crippen molar-refractivity contribution in [3.8, 4) is 0 Å². The number of thiazole rings is 1. The maximum absolute atomic E-state index is 11.9. The summed E-state index contributed by atoms with van der Waals surface area (Å²) in [6.45, 7) is 3.36. The maximum atomic E-state index is 11.9. The molecular weight excluding hydrogens is 278 g/mol. The van der Waals surface area contributed by atoms with Crippen molar-refractivity contribution in [2.75, 3.05) is 0 Å². The minimum atomic E-state index is -3.55. The molecule has 2 atom stereocenters. The molecule has 0 aromatic carbocycles. The molecule has 96 valence electrons. The van der Waals surface area contributed by atoms with Crippen molar-refractivity contribution in [2.45, 2.75) is 31.6 Å². The van der Waals surface area contributed by atoms with Crippen LogP contribution in [0.3, 0.4) is 0 Å². The normalized spacial score (nSPS) is 15.4. The minimum Gasteiger partial charge on any atom is -0.392 e. The number of hydrogen-bond acceptors (Lipinski definition) is 5.